The Morgan fingerprint density at radius 1 is 0.576 bits per heavy atom. The summed E-state index contributed by atoms with van der Waals surface area (Å²) in [6.45, 7) is 0. The number of nitriles is 1. The molecular weight excluding hydrogens is 426 g/mol. The summed E-state index contributed by atoms with van der Waals surface area (Å²) in [6, 6.07) is 38.0. The summed E-state index contributed by atoms with van der Waals surface area (Å²) in [7, 11) is 0. The van der Waals surface area contributed by atoms with Crippen LogP contribution in [-0.2, 0) is 0 Å². The first-order valence-corrected chi connectivity index (χ1v) is 10.9. The molecular formula is C29H18ClN3. The number of benzene rings is 4. The SMILES string of the molecule is N#Cc1ccccc1-c1ccc(-c2cccc(-c3cc(Cl)nc(-c4ccccc4)n3)c2)cc1. The smallest absolute Gasteiger partial charge is 0.161 e. The van der Waals surface area contributed by atoms with Crippen molar-refractivity contribution in [2.75, 3.05) is 0 Å². The molecule has 0 aliphatic rings. The average Bonchev–Trinajstić information content (AvgIpc) is 2.89. The molecule has 0 fully saturated rings. The lowest BCUT2D eigenvalue weighted by molar-refractivity contribution is 1.18. The second-order valence-corrected chi connectivity index (χ2v) is 7.97. The van der Waals surface area contributed by atoms with Crippen LogP contribution >= 0.6 is 11.6 Å². The third-order valence-corrected chi connectivity index (χ3v) is 5.66. The van der Waals surface area contributed by atoms with Crippen molar-refractivity contribution in [1.29, 1.82) is 5.26 Å². The zero-order valence-electron chi connectivity index (χ0n) is 17.6. The molecule has 156 valence electrons. The fourth-order valence-corrected chi connectivity index (χ4v) is 4.00. The van der Waals surface area contributed by atoms with Gasteiger partial charge in [-0.3, -0.25) is 0 Å². The summed E-state index contributed by atoms with van der Waals surface area (Å²) in [6.07, 6.45) is 0. The van der Waals surface area contributed by atoms with Crippen molar-refractivity contribution in [3.05, 3.63) is 120 Å². The predicted molar refractivity (Wildman–Crippen MR) is 134 cm³/mol. The fourth-order valence-electron chi connectivity index (χ4n) is 3.81. The normalized spacial score (nSPS) is 10.5. The Hall–Kier alpha value is -4.26. The summed E-state index contributed by atoms with van der Waals surface area (Å²) in [4.78, 5) is 9.15. The number of aromatic nitrogens is 2. The van der Waals surface area contributed by atoms with Crippen LogP contribution < -0.4 is 0 Å². The van der Waals surface area contributed by atoms with Crippen molar-refractivity contribution in [3.63, 3.8) is 0 Å². The Morgan fingerprint density at radius 3 is 2.03 bits per heavy atom. The molecule has 0 amide bonds. The Kier molecular flexibility index (Phi) is 5.68. The fraction of sp³-hybridized carbons (Fsp3) is 0. The summed E-state index contributed by atoms with van der Waals surface area (Å²) in [5.74, 6) is 0.601. The molecule has 0 unspecified atom stereocenters. The molecule has 4 heteroatoms. The molecule has 1 aromatic heterocycles. The molecule has 33 heavy (non-hydrogen) atoms. The van der Waals surface area contributed by atoms with Gasteiger partial charge in [0.2, 0.25) is 0 Å². The Morgan fingerprint density at radius 2 is 1.24 bits per heavy atom. The van der Waals surface area contributed by atoms with Crippen molar-refractivity contribution in [3.8, 4) is 51.0 Å². The van der Waals surface area contributed by atoms with E-state index in [1.807, 2.05) is 78.9 Å². The minimum atomic E-state index is 0.407. The number of rotatable bonds is 4. The van der Waals surface area contributed by atoms with Crippen LogP contribution in [0.3, 0.4) is 0 Å². The van der Waals surface area contributed by atoms with E-state index in [1.54, 1.807) is 6.07 Å². The van der Waals surface area contributed by atoms with Gasteiger partial charge >= 0.3 is 0 Å². The largest absolute Gasteiger partial charge is 0.228 e. The Labute approximate surface area is 197 Å². The number of halogens is 1. The molecule has 0 radical (unpaired) electrons. The quantitative estimate of drug-likeness (QED) is 0.268. The third kappa shape index (κ3) is 4.39. The van der Waals surface area contributed by atoms with Crippen LogP contribution in [0, 0.1) is 11.3 Å². The first-order chi connectivity index (χ1) is 16.2. The molecule has 1 heterocycles. The third-order valence-electron chi connectivity index (χ3n) is 5.46. The number of hydrogen-bond donors (Lipinski definition) is 0. The Balaban J connectivity index is 1.49. The molecule has 3 nitrogen and oxygen atoms in total. The molecule has 5 aromatic rings. The van der Waals surface area contributed by atoms with Crippen molar-refractivity contribution < 1.29 is 0 Å². The Bertz CT molecular complexity index is 1470. The monoisotopic (exact) mass is 443 g/mol. The molecule has 0 aliphatic heterocycles. The molecule has 0 bridgehead atoms. The summed E-state index contributed by atoms with van der Waals surface area (Å²) < 4.78 is 0. The van der Waals surface area contributed by atoms with E-state index in [-0.39, 0.29) is 0 Å². The van der Waals surface area contributed by atoms with E-state index in [2.05, 4.69) is 35.3 Å². The molecule has 0 aliphatic carbocycles. The van der Waals surface area contributed by atoms with Gasteiger partial charge in [0.1, 0.15) is 5.15 Å². The van der Waals surface area contributed by atoms with E-state index < -0.39 is 0 Å². The maximum atomic E-state index is 9.39. The van der Waals surface area contributed by atoms with Crippen molar-refractivity contribution >= 4 is 11.6 Å². The van der Waals surface area contributed by atoms with E-state index in [9.17, 15) is 5.26 Å². The highest BCUT2D eigenvalue weighted by atomic mass is 35.5. The van der Waals surface area contributed by atoms with Gasteiger partial charge in [0.25, 0.3) is 0 Å². The minimum Gasteiger partial charge on any atom is -0.228 e. The van der Waals surface area contributed by atoms with E-state index in [0.29, 0.717) is 16.5 Å². The second-order valence-electron chi connectivity index (χ2n) is 7.58. The molecule has 0 saturated carbocycles. The lowest BCUT2D eigenvalue weighted by atomic mass is 9.96. The van der Waals surface area contributed by atoms with Crippen LogP contribution in [0.25, 0.3) is 44.9 Å². The molecule has 0 saturated heterocycles. The lowest BCUT2D eigenvalue weighted by Crippen LogP contribution is -1.93. The highest BCUT2D eigenvalue weighted by Crippen LogP contribution is 2.30. The van der Waals surface area contributed by atoms with Gasteiger partial charge in [0.05, 0.1) is 17.3 Å². The van der Waals surface area contributed by atoms with Gasteiger partial charge in [-0.25, -0.2) is 9.97 Å². The topological polar surface area (TPSA) is 49.6 Å². The van der Waals surface area contributed by atoms with Crippen molar-refractivity contribution in [1.82, 2.24) is 9.97 Å². The second kappa shape index (κ2) is 9.08. The molecule has 5 rings (SSSR count). The summed E-state index contributed by atoms with van der Waals surface area (Å²) >= 11 is 6.33. The van der Waals surface area contributed by atoms with Gasteiger partial charge < -0.3 is 0 Å². The van der Waals surface area contributed by atoms with E-state index in [4.69, 9.17) is 16.6 Å². The maximum absolute atomic E-state index is 9.39. The van der Waals surface area contributed by atoms with Crippen LogP contribution in [0.15, 0.2) is 109 Å². The first-order valence-electron chi connectivity index (χ1n) is 10.5. The standard InChI is InChI=1S/C29H18ClN3/c30-28-18-27(32-29(33-28)22-7-2-1-3-8-22)24-11-6-10-23(17-24)20-13-15-21(16-14-20)26-12-5-4-9-25(26)19-31/h1-18H. The molecule has 4 aromatic carbocycles. The van der Waals surface area contributed by atoms with Crippen molar-refractivity contribution in [2.24, 2.45) is 0 Å². The van der Waals surface area contributed by atoms with Crippen molar-refractivity contribution in [2.45, 2.75) is 0 Å². The minimum absolute atomic E-state index is 0.407. The van der Waals surface area contributed by atoms with E-state index >= 15 is 0 Å². The van der Waals surface area contributed by atoms with Gasteiger partial charge in [-0.15, -0.1) is 0 Å². The van der Waals surface area contributed by atoms with Gasteiger partial charge in [-0.2, -0.15) is 5.26 Å². The zero-order valence-corrected chi connectivity index (χ0v) is 18.4. The van der Waals surface area contributed by atoms with E-state index in [1.165, 1.54) is 0 Å². The average molecular weight is 444 g/mol. The first kappa shape index (κ1) is 20.6. The van der Waals surface area contributed by atoms with Gasteiger partial charge in [-0.1, -0.05) is 103 Å². The van der Waals surface area contributed by atoms with E-state index in [0.717, 1.165) is 39.1 Å². The van der Waals surface area contributed by atoms with Crippen LogP contribution in [0.5, 0.6) is 0 Å². The van der Waals surface area contributed by atoms with Gasteiger partial charge in [0, 0.05) is 17.2 Å². The predicted octanol–water partition coefficient (Wildman–Crippen LogP) is 7.67. The highest BCUT2D eigenvalue weighted by Gasteiger charge is 2.10. The van der Waals surface area contributed by atoms with Crippen LogP contribution in [-0.4, -0.2) is 9.97 Å². The van der Waals surface area contributed by atoms with Gasteiger partial charge in [-0.05, 0) is 34.4 Å². The van der Waals surface area contributed by atoms with Crippen LogP contribution in [0.4, 0.5) is 0 Å². The lowest BCUT2D eigenvalue weighted by Gasteiger charge is -2.09. The number of hydrogen-bond acceptors (Lipinski definition) is 3. The number of nitrogens with zero attached hydrogens (tertiary/aromatic N) is 3. The maximum Gasteiger partial charge on any atom is 0.161 e. The highest BCUT2D eigenvalue weighted by molar-refractivity contribution is 6.29. The summed E-state index contributed by atoms with van der Waals surface area (Å²) in [5.41, 5.74) is 7.43. The molecule has 0 atom stereocenters. The zero-order chi connectivity index (χ0) is 22.6. The van der Waals surface area contributed by atoms with Crippen LogP contribution in [0.1, 0.15) is 5.56 Å². The summed E-state index contributed by atoms with van der Waals surface area (Å²) in [5, 5.41) is 9.80. The van der Waals surface area contributed by atoms with Crippen LogP contribution in [0.2, 0.25) is 5.15 Å². The molecule has 0 spiro atoms. The van der Waals surface area contributed by atoms with Gasteiger partial charge in [0.15, 0.2) is 5.82 Å². The molecule has 0 N–H and O–H groups in total.